The van der Waals surface area contributed by atoms with Gasteiger partial charge in [0.1, 0.15) is 0 Å². The smallest absolute Gasteiger partial charge is 0.257 e. The number of nitrogens with zero attached hydrogens (tertiary/aromatic N) is 4. The Balaban J connectivity index is 1.24. The van der Waals surface area contributed by atoms with Crippen molar-refractivity contribution in [1.29, 1.82) is 0 Å². The first-order chi connectivity index (χ1) is 12.6. The number of hydrogen-bond acceptors (Lipinski definition) is 5. The van der Waals surface area contributed by atoms with Gasteiger partial charge in [-0.15, -0.1) is 0 Å². The van der Waals surface area contributed by atoms with Crippen LogP contribution in [0.15, 0.2) is 12.4 Å². The average molecular weight is 355 g/mol. The van der Waals surface area contributed by atoms with Crippen LogP contribution in [0.5, 0.6) is 0 Å². The highest BCUT2D eigenvalue weighted by atomic mass is 16.2. The Labute approximate surface area is 155 Å². The van der Waals surface area contributed by atoms with Crippen molar-refractivity contribution >= 4 is 11.9 Å². The molecule has 5 aliphatic rings. The van der Waals surface area contributed by atoms with Crippen LogP contribution in [0.3, 0.4) is 0 Å². The largest absolute Gasteiger partial charge is 0.357 e. The third-order valence-electron chi connectivity index (χ3n) is 7.37. The summed E-state index contributed by atoms with van der Waals surface area (Å²) in [6.45, 7) is 3.70. The van der Waals surface area contributed by atoms with Crippen LogP contribution in [-0.2, 0) is 0 Å². The minimum Gasteiger partial charge on any atom is -0.357 e. The summed E-state index contributed by atoms with van der Waals surface area (Å²) in [5.41, 5.74) is 1.05. The maximum Gasteiger partial charge on any atom is 0.257 e. The molecule has 1 aliphatic heterocycles. The number of carbonyl (C=O) groups excluding carboxylic acids is 1. The number of hydrogen-bond donors (Lipinski definition) is 1. The first-order valence-corrected chi connectivity index (χ1v) is 10.2. The fraction of sp³-hybridized carbons (Fsp3) is 0.750. The molecule has 1 saturated heterocycles. The van der Waals surface area contributed by atoms with E-state index in [0.29, 0.717) is 17.1 Å². The summed E-state index contributed by atoms with van der Waals surface area (Å²) >= 11 is 0. The quantitative estimate of drug-likeness (QED) is 0.901. The Morgan fingerprint density at radius 2 is 1.54 bits per heavy atom. The van der Waals surface area contributed by atoms with Gasteiger partial charge in [0.25, 0.3) is 5.91 Å². The molecule has 0 atom stereocenters. The number of aromatic nitrogens is 2. The van der Waals surface area contributed by atoms with Gasteiger partial charge < -0.3 is 10.2 Å². The molecule has 6 nitrogen and oxygen atoms in total. The van der Waals surface area contributed by atoms with E-state index in [0.717, 1.165) is 43.9 Å². The predicted octanol–water partition coefficient (Wildman–Crippen LogP) is 2.24. The van der Waals surface area contributed by atoms with Crippen LogP contribution in [0.25, 0.3) is 0 Å². The van der Waals surface area contributed by atoms with Crippen molar-refractivity contribution in [2.75, 3.05) is 38.5 Å². The van der Waals surface area contributed by atoms with Crippen molar-refractivity contribution in [3.8, 4) is 0 Å². The number of amides is 1. The number of anilines is 1. The molecule has 1 N–H and O–H groups in total. The van der Waals surface area contributed by atoms with Gasteiger partial charge in [-0.3, -0.25) is 9.69 Å². The molecular formula is C20H29N5O. The second-order valence-electron chi connectivity index (χ2n) is 8.97. The van der Waals surface area contributed by atoms with Crippen molar-refractivity contribution in [1.82, 2.24) is 19.8 Å². The summed E-state index contributed by atoms with van der Waals surface area (Å²) in [6.07, 6.45) is 11.9. The number of carbonyl (C=O) groups is 1. The summed E-state index contributed by atoms with van der Waals surface area (Å²) in [4.78, 5) is 25.8. The minimum absolute atomic E-state index is 0.0674. The second kappa shape index (κ2) is 6.19. The molecule has 2 heterocycles. The van der Waals surface area contributed by atoms with E-state index in [4.69, 9.17) is 0 Å². The Kier molecular flexibility index (Phi) is 3.92. The average Bonchev–Trinajstić information content (AvgIpc) is 2.67. The fourth-order valence-electron chi connectivity index (χ4n) is 6.59. The molecule has 0 unspecified atom stereocenters. The van der Waals surface area contributed by atoms with Crippen LogP contribution in [-0.4, -0.2) is 64.4 Å². The van der Waals surface area contributed by atoms with Crippen molar-refractivity contribution in [2.24, 2.45) is 17.8 Å². The molecule has 1 aromatic heterocycles. The molecule has 0 spiro atoms. The zero-order valence-electron chi connectivity index (χ0n) is 15.7. The topological polar surface area (TPSA) is 61.4 Å². The Hall–Kier alpha value is -1.69. The van der Waals surface area contributed by atoms with Crippen LogP contribution in [0.1, 0.15) is 48.9 Å². The van der Waals surface area contributed by atoms with E-state index in [-0.39, 0.29) is 5.91 Å². The van der Waals surface area contributed by atoms with Crippen LogP contribution in [0, 0.1) is 17.8 Å². The Morgan fingerprint density at radius 1 is 1.00 bits per heavy atom. The van der Waals surface area contributed by atoms with Gasteiger partial charge in [-0.2, -0.15) is 0 Å². The zero-order chi connectivity index (χ0) is 17.7. The lowest BCUT2D eigenvalue weighted by Crippen LogP contribution is -2.64. The first-order valence-electron chi connectivity index (χ1n) is 10.2. The highest BCUT2D eigenvalue weighted by molar-refractivity contribution is 5.93. The molecule has 4 saturated carbocycles. The number of rotatable bonds is 3. The van der Waals surface area contributed by atoms with Crippen LogP contribution >= 0.6 is 0 Å². The van der Waals surface area contributed by atoms with Gasteiger partial charge in [0, 0.05) is 51.2 Å². The van der Waals surface area contributed by atoms with Gasteiger partial charge in [-0.1, -0.05) is 0 Å². The van der Waals surface area contributed by atoms with Gasteiger partial charge in [-0.05, 0) is 56.3 Å². The highest BCUT2D eigenvalue weighted by Gasteiger charge is 2.53. The molecule has 4 aliphatic carbocycles. The van der Waals surface area contributed by atoms with E-state index >= 15 is 0 Å². The van der Waals surface area contributed by atoms with E-state index in [1.807, 2.05) is 4.90 Å². The molecule has 1 amide bonds. The molecule has 5 fully saturated rings. The second-order valence-corrected chi connectivity index (χ2v) is 8.97. The van der Waals surface area contributed by atoms with Crippen LogP contribution < -0.4 is 5.32 Å². The van der Waals surface area contributed by atoms with E-state index in [2.05, 4.69) is 20.2 Å². The lowest BCUT2D eigenvalue weighted by molar-refractivity contribution is -0.0987. The lowest BCUT2D eigenvalue weighted by atomic mass is 9.52. The lowest BCUT2D eigenvalue weighted by Gasteiger charge is -2.61. The van der Waals surface area contributed by atoms with Gasteiger partial charge >= 0.3 is 0 Å². The van der Waals surface area contributed by atoms with Gasteiger partial charge in [-0.25, -0.2) is 9.97 Å². The standard InChI is InChI=1S/C20H29N5O/c1-21-19-22-12-17(13-23-19)18(26)24-2-4-25(5-3-24)20-9-14-6-15(10-20)8-16(7-14)11-20/h12-16H,2-11H2,1H3,(H,21,22,23). The van der Waals surface area contributed by atoms with Gasteiger partial charge in [0.2, 0.25) is 5.95 Å². The molecule has 0 radical (unpaired) electrons. The maximum atomic E-state index is 12.8. The minimum atomic E-state index is 0.0674. The van der Waals surface area contributed by atoms with Crippen molar-refractivity contribution in [3.05, 3.63) is 18.0 Å². The Bertz CT molecular complexity index is 645. The molecule has 140 valence electrons. The molecule has 0 aromatic carbocycles. The van der Waals surface area contributed by atoms with E-state index < -0.39 is 0 Å². The van der Waals surface area contributed by atoms with E-state index in [1.165, 1.54) is 38.5 Å². The number of piperazine rings is 1. The van der Waals surface area contributed by atoms with Crippen molar-refractivity contribution in [3.63, 3.8) is 0 Å². The fourth-order valence-corrected chi connectivity index (χ4v) is 6.59. The zero-order valence-corrected chi connectivity index (χ0v) is 15.7. The first kappa shape index (κ1) is 16.5. The summed E-state index contributed by atoms with van der Waals surface area (Å²) < 4.78 is 0. The normalized spacial score (nSPS) is 36.3. The summed E-state index contributed by atoms with van der Waals surface area (Å²) in [5.74, 6) is 3.54. The third-order valence-corrected chi connectivity index (χ3v) is 7.37. The number of nitrogens with one attached hydrogen (secondary N) is 1. The highest BCUT2D eigenvalue weighted by Crippen LogP contribution is 2.57. The predicted molar refractivity (Wildman–Crippen MR) is 100.0 cm³/mol. The maximum absolute atomic E-state index is 12.8. The SMILES string of the molecule is CNc1ncc(C(=O)N2CCN(C34CC5CC(CC(C5)C3)C4)CC2)cn1. The molecule has 6 rings (SSSR count). The van der Waals surface area contributed by atoms with Crippen molar-refractivity contribution < 1.29 is 4.79 Å². The molecular weight excluding hydrogens is 326 g/mol. The van der Waals surface area contributed by atoms with Gasteiger partial charge in [0.15, 0.2) is 0 Å². The van der Waals surface area contributed by atoms with E-state index in [1.54, 1.807) is 19.4 Å². The van der Waals surface area contributed by atoms with Gasteiger partial charge in [0.05, 0.1) is 5.56 Å². The van der Waals surface area contributed by atoms with E-state index in [9.17, 15) is 4.79 Å². The van der Waals surface area contributed by atoms with Crippen molar-refractivity contribution in [2.45, 2.75) is 44.1 Å². The summed E-state index contributed by atoms with van der Waals surface area (Å²) in [6, 6.07) is 0. The Morgan fingerprint density at radius 3 is 2.04 bits per heavy atom. The van der Waals surface area contributed by atoms with Crippen LogP contribution in [0.4, 0.5) is 5.95 Å². The third kappa shape index (κ3) is 2.70. The molecule has 6 heteroatoms. The summed E-state index contributed by atoms with van der Waals surface area (Å²) in [7, 11) is 1.78. The van der Waals surface area contributed by atoms with Crippen LogP contribution in [0.2, 0.25) is 0 Å². The summed E-state index contributed by atoms with van der Waals surface area (Å²) in [5, 5.41) is 2.89. The monoisotopic (exact) mass is 355 g/mol. The molecule has 26 heavy (non-hydrogen) atoms. The molecule has 1 aromatic rings. The molecule has 4 bridgehead atoms.